The van der Waals surface area contributed by atoms with Crippen molar-refractivity contribution in [2.75, 3.05) is 5.32 Å². The standard InChI is InChI=1S/C29H20N2O6/c30-27(34)21-11-5-6-12-22(21)31-28(35)25(33)23(26-19-9-3-4-10-20(19)29(36)37-26)24(32)18-14-13-16-7-1-2-8-17(16)15-18/h1-15,23,26H,(H2,30,34)(H,31,35)/t23-,26+/m0/s1. The highest BCUT2D eigenvalue weighted by atomic mass is 16.5. The number of nitrogens with one attached hydrogen (secondary N) is 1. The number of primary amides is 1. The minimum atomic E-state index is -1.66. The lowest BCUT2D eigenvalue weighted by Gasteiger charge is -2.21. The third-order valence-corrected chi connectivity index (χ3v) is 6.29. The lowest BCUT2D eigenvalue weighted by molar-refractivity contribution is -0.138. The Morgan fingerprint density at radius 2 is 1.49 bits per heavy atom. The Labute approximate surface area is 211 Å². The molecule has 0 bridgehead atoms. The van der Waals surface area contributed by atoms with Crippen molar-refractivity contribution < 1.29 is 28.7 Å². The van der Waals surface area contributed by atoms with Crippen molar-refractivity contribution in [1.29, 1.82) is 0 Å². The van der Waals surface area contributed by atoms with Gasteiger partial charge in [-0.15, -0.1) is 0 Å². The van der Waals surface area contributed by atoms with E-state index >= 15 is 0 Å². The number of ether oxygens (including phenoxy) is 1. The zero-order valence-corrected chi connectivity index (χ0v) is 19.3. The van der Waals surface area contributed by atoms with Crippen LogP contribution in [0.1, 0.15) is 42.7 Å². The van der Waals surface area contributed by atoms with Gasteiger partial charge in [0.1, 0.15) is 12.0 Å². The van der Waals surface area contributed by atoms with Crippen LogP contribution in [0.15, 0.2) is 91.0 Å². The van der Waals surface area contributed by atoms with Crippen molar-refractivity contribution in [1.82, 2.24) is 0 Å². The quantitative estimate of drug-likeness (QED) is 0.174. The van der Waals surface area contributed by atoms with E-state index in [1.165, 1.54) is 18.2 Å². The summed E-state index contributed by atoms with van der Waals surface area (Å²) in [7, 11) is 0. The van der Waals surface area contributed by atoms with Crippen LogP contribution in [0.25, 0.3) is 10.8 Å². The van der Waals surface area contributed by atoms with Gasteiger partial charge in [0.05, 0.1) is 16.8 Å². The summed E-state index contributed by atoms with van der Waals surface area (Å²) in [5.74, 6) is -6.09. The smallest absolute Gasteiger partial charge is 0.339 e. The molecule has 0 saturated carbocycles. The number of amides is 2. The molecule has 4 aromatic rings. The molecule has 0 radical (unpaired) electrons. The average Bonchev–Trinajstić information content (AvgIpc) is 3.24. The molecule has 3 N–H and O–H groups in total. The van der Waals surface area contributed by atoms with Crippen LogP contribution in [0.3, 0.4) is 0 Å². The van der Waals surface area contributed by atoms with Crippen LogP contribution in [-0.2, 0) is 14.3 Å². The summed E-state index contributed by atoms with van der Waals surface area (Å²) in [6.45, 7) is 0. The molecule has 0 fully saturated rings. The van der Waals surface area contributed by atoms with E-state index < -0.39 is 41.4 Å². The van der Waals surface area contributed by atoms with Crippen molar-refractivity contribution in [3.05, 3.63) is 113 Å². The highest BCUT2D eigenvalue weighted by molar-refractivity contribution is 6.45. The maximum absolute atomic E-state index is 13.8. The van der Waals surface area contributed by atoms with Crippen molar-refractivity contribution in [2.24, 2.45) is 11.7 Å². The van der Waals surface area contributed by atoms with Gasteiger partial charge in [0, 0.05) is 11.1 Å². The largest absolute Gasteiger partial charge is 0.453 e. The highest BCUT2D eigenvalue weighted by Crippen LogP contribution is 2.38. The van der Waals surface area contributed by atoms with Crippen molar-refractivity contribution >= 4 is 45.8 Å². The Kier molecular flexibility index (Phi) is 6.07. The summed E-state index contributed by atoms with van der Waals surface area (Å²) in [5.41, 5.74) is 6.14. The number of Topliss-reactive ketones (excluding diaryl/α,β-unsaturated/α-hetero) is 2. The minimum Gasteiger partial charge on any atom is -0.453 e. The molecular weight excluding hydrogens is 472 g/mol. The van der Waals surface area contributed by atoms with Gasteiger partial charge in [-0.3, -0.25) is 19.2 Å². The summed E-state index contributed by atoms with van der Waals surface area (Å²) in [6, 6.07) is 24.6. The Balaban J connectivity index is 1.55. The van der Waals surface area contributed by atoms with Crippen LogP contribution < -0.4 is 11.1 Å². The fourth-order valence-corrected chi connectivity index (χ4v) is 4.47. The number of rotatable bonds is 7. The first-order valence-corrected chi connectivity index (χ1v) is 11.4. The average molecular weight is 492 g/mol. The number of ketones is 2. The van der Waals surface area contributed by atoms with E-state index in [1.54, 1.807) is 48.5 Å². The van der Waals surface area contributed by atoms with Gasteiger partial charge in [-0.1, -0.05) is 66.7 Å². The van der Waals surface area contributed by atoms with Gasteiger partial charge in [-0.05, 0) is 35.0 Å². The molecule has 182 valence electrons. The number of hydrogen-bond donors (Lipinski definition) is 2. The minimum absolute atomic E-state index is 0.00121. The third-order valence-electron chi connectivity index (χ3n) is 6.29. The lowest BCUT2D eigenvalue weighted by Crippen LogP contribution is -2.38. The van der Waals surface area contributed by atoms with Crippen molar-refractivity contribution in [2.45, 2.75) is 6.10 Å². The Morgan fingerprint density at radius 1 is 0.811 bits per heavy atom. The maximum Gasteiger partial charge on any atom is 0.339 e. The van der Waals surface area contributed by atoms with E-state index in [1.807, 2.05) is 24.3 Å². The number of cyclic esters (lactones) is 1. The summed E-state index contributed by atoms with van der Waals surface area (Å²) in [4.78, 5) is 64.8. The SMILES string of the molecule is NC(=O)c1ccccc1NC(=O)C(=O)[C@H](C(=O)c1ccc2ccccc2c1)[C@@H]1OC(=O)c2ccccc21. The normalized spacial score (nSPS) is 14.9. The number of anilines is 1. The number of benzene rings is 4. The van der Waals surface area contributed by atoms with Gasteiger partial charge in [-0.2, -0.15) is 0 Å². The fraction of sp³-hybridized carbons (Fsp3) is 0.0690. The first-order valence-electron chi connectivity index (χ1n) is 11.4. The lowest BCUT2D eigenvalue weighted by atomic mass is 9.84. The molecule has 0 saturated heterocycles. The van der Waals surface area contributed by atoms with Gasteiger partial charge in [0.2, 0.25) is 5.78 Å². The molecule has 0 unspecified atom stereocenters. The molecule has 0 spiro atoms. The molecule has 37 heavy (non-hydrogen) atoms. The van der Waals surface area contributed by atoms with Crippen molar-refractivity contribution in [3.63, 3.8) is 0 Å². The predicted molar refractivity (Wildman–Crippen MR) is 135 cm³/mol. The van der Waals surface area contributed by atoms with E-state index in [4.69, 9.17) is 10.5 Å². The second-order valence-corrected chi connectivity index (χ2v) is 8.55. The Hall–Kier alpha value is -5.11. The highest BCUT2D eigenvalue weighted by Gasteiger charge is 2.46. The van der Waals surface area contributed by atoms with Crippen molar-refractivity contribution in [3.8, 4) is 0 Å². The van der Waals surface area contributed by atoms with Crippen LogP contribution in [0.4, 0.5) is 5.69 Å². The van der Waals surface area contributed by atoms with Crippen LogP contribution >= 0.6 is 0 Å². The third kappa shape index (κ3) is 4.36. The summed E-state index contributed by atoms with van der Waals surface area (Å²) in [6.07, 6.45) is -1.30. The maximum atomic E-state index is 13.8. The zero-order valence-electron chi connectivity index (χ0n) is 19.3. The van der Waals surface area contributed by atoms with E-state index in [0.29, 0.717) is 5.56 Å². The number of carbonyl (C=O) groups excluding carboxylic acids is 5. The molecule has 1 aliphatic heterocycles. The number of esters is 1. The van der Waals surface area contributed by atoms with Gasteiger partial charge in [-0.25, -0.2) is 4.79 Å². The fourth-order valence-electron chi connectivity index (χ4n) is 4.47. The molecule has 2 amide bonds. The van der Waals surface area contributed by atoms with E-state index in [-0.39, 0.29) is 22.4 Å². The topological polar surface area (TPSA) is 133 Å². The number of carbonyl (C=O) groups is 5. The van der Waals surface area contributed by atoms with Crippen LogP contribution in [0.2, 0.25) is 0 Å². The van der Waals surface area contributed by atoms with Gasteiger partial charge in [0.25, 0.3) is 11.8 Å². The molecule has 1 aliphatic rings. The van der Waals surface area contributed by atoms with Gasteiger partial charge < -0.3 is 15.8 Å². The molecule has 1 heterocycles. The first-order chi connectivity index (χ1) is 17.8. The Bertz CT molecular complexity index is 1610. The van der Waals surface area contributed by atoms with Crippen LogP contribution in [-0.4, -0.2) is 29.4 Å². The molecule has 2 atom stereocenters. The molecule has 0 aliphatic carbocycles. The molecule has 5 rings (SSSR count). The van der Waals surface area contributed by atoms with E-state index in [2.05, 4.69) is 5.32 Å². The number of hydrogen-bond acceptors (Lipinski definition) is 6. The number of fused-ring (bicyclic) bond motifs is 2. The number of nitrogens with two attached hydrogens (primary N) is 1. The second-order valence-electron chi connectivity index (χ2n) is 8.55. The van der Waals surface area contributed by atoms with Crippen LogP contribution in [0.5, 0.6) is 0 Å². The van der Waals surface area contributed by atoms with Crippen LogP contribution in [0, 0.1) is 5.92 Å². The first kappa shape index (κ1) is 23.6. The Morgan fingerprint density at radius 3 is 2.27 bits per heavy atom. The molecular formula is C29H20N2O6. The van der Waals surface area contributed by atoms with Gasteiger partial charge in [0.15, 0.2) is 5.78 Å². The summed E-state index contributed by atoms with van der Waals surface area (Å²) in [5, 5.41) is 4.04. The molecule has 0 aromatic heterocycles. The van der Waals surface area contributed by atoms with E-state index in [0.717, 1.165) is 10.8 Å². The van der Waals surface area contributed by atoms with E-state index in [9.17, 15) is 24.0 Å². The monoisotopic (exact) mass is 492 g/mol. The second kappa shape index (κ2) is 9.50. The van der Waals surface area contributed by atoms with Gasteiger partial charge >= 0.3 is 5.97 Å². The molecule has 8 heteroatoms. The molecule has 8 nitrogen and oxygen atoms in total. The molecule has 4 aromatic carbocycles. The summed E-state index contributed by atoms with van der Waals surface area (Å²) >= 11 is 0. The summed E-state index contributed by atoms with van der Waals surface area (Å²) < 4.78 is 5.47. The zero-order chi connectivity index (χ0) is 26.1. The predicted octanol–water partition coefficient (Wildman–Crippen LogP) is 3.86. The number of para-hydroxylation sites is 1.